The number of carbonyl (C=O) groups is 1. The van der Waals surface area contributed by atoms with Gasteiger partial charge >= 0.3 is 0 Å². The van der Waals surface area contributed by atoms with Gasteiger partial charge in [0.1, 0.15) is 10.7 Å². The van der Waals surface area contributed by atoms with E-state index in [1.807, 2.05) is 0 Å². The van der Waals surface area contributed by atoms with Gasteiger partial charge in [0.2, 0.25) is 0 Å². The van der Waals surface area contributed by atoms with Crippen LogP contribution in [0.25, 0.3) is 0 Å². The van der Waals surface area contributed by atoms with Gasteiger partial charge in [0.05, 0.1) is 12.6 Å². The number of carbonyl (C=O) groups excluding carboxylic acids is 1. The molecule has 20 heavy (non-hydrogen) atoms. The quantitative estimate of drug-likeness (QED) is 0.650. The van der Waals surface area contributed by atoms with Crippen molar-refractivity contribution in [1.82, 2.24) is 10.3 Å². The van der Waals surface area contributed by atoms with Gasteiger partial charge in [-0.05, 0) is 12.8 Å². The van der Waals surface area contributed by atoms with Gasteiger partial charge in [0, 0.05) is 13.7 Å². The summed E-state index contributed by atoms with van der Waals surface area (Å²) in [6, 6.07) is 0.00560. The van der Waals surface area contributed by atoms with Crippen LogP contribution in [0.2, 0.25) is 0 Å². The fourth-order valence-electron chi connectivity index (χ4n) is 1.80. The molecule has 0 aliphatic heterocycles. The van der Waals surface area contributed by atoms with Gasteiger partial charge in [-0.3, -0.25) is 4.79 Å². The molecule has 1 atom stereocenters. The van der Waals surface area contributed by atoms with Gasteiger partial charge < -0.3 is 21.1 Å². The Balaban J connectivity index is 2.67. The van der Waals surface area contributed by atoms with Crippen LogP contribution in [0.1, 0.15) is 42.8 Å². The third kappa shape index (κ3) is 4.97. The van der Waals surface area contributed by atoms with E-state index < -0.39 is 0 Å². The Kier molecular flexibility index (Phi) is 7.32. The van der Waals surface area contributed by atoms with E-state index in [9.17, 15) is 4.79 Å². The van der Waals surface area contributed by atoms with Crippen molar-refractivity contribution >= 4 is 28.2 Å². The number of nitrogen functional groups attached to an aromatic ring is 1. The zero-order chi connectivity index (χ0) is 15.0. The zero-order valence-electron chi connectivity index (χ0n) is 12.4. The second-order valence-corrected chi connectivity index (χ2v) is 5.57. The Morgan fingerprint density at radius 2 is 2.20 bits per heavy atom. The van der Waals surface area contributed by atoms with E-state index in [1.165, 1.54) is 11.3 Å². The van der Waals surface area contributed by atoms with E-state index >= 15 is 0 Å². The fraction of sp³-hybridized carbons (Fsp3) is 0.692. The molecular formula is C13H24N4O2S. The predicted molar refractivity (Wildman–Crippen MR) is 83.3 cm³/mol. The summed E-state index contributed by atoms with van der Waals surface area (Å²) in [4.78, 5) is 16.8. The third-order valence-corrected chi connectivity index (χ3v) is 3.75. The van der Waals surface area contributed by atoms with Crippen molar-refractivity contribution in [1.29, 1.82) is 0 Å². The molecule has 0 bridgehead atoms. The number of anilines is 2. The van der Waals surface area contributed by atoms with Crippen molar-refractivity contribution in [3.05, 3.63) is 4.88 Å². The minimum atomic E-state index is -0.181. The molecule has 1 aromatic heterocycles. The Bertz CT molecular complexity index is 417. The number of nitrogens with two attached hydrogens (primary N) is 1. The van der Waals surface area contributed by atoms with E-state index in [0.717, 1.165) is 25.8 Å². The molecule has 1 aromatic rings. The van der Waals surface area contributed by atoms with E-state index in [4.69, 9.17) is 10.5 Å². The first-order valence-electron chi connectivity index (χ1n) is 6.92. The fourth-order valence-corrected chi connectivity index (χ4v) is 2.61. The number of thiazole rings is 1. The molecule has 0 aliphatic rings. The van der Waals surface area contributed by atoms with Gasteiger partial charge in [-0.2, -0.15) is 0 Å². The average Bonchev–Trinajstić information content (AvgIpc) is 2.78. The first kappa shape index (κ1) is 16.7. The number of amides is 1. The lowest BCUT2D eigenvalue weighted by atomic mass is 10.2. The highest BCUT2D eigenvalue weighted by Crippen LogP contribution is 2.24. The van der Waals surface area contributed by atoms with Crippen LogP contribution in [0.3, 0.4) is 0 Å². The van der Waals surface area contributed by atoms with Crippen molar-refractivity contribution < 1.29 is 9.53 Å². The molecule has 7 heteroatoms. The van der Waals surface area contributed by atoms with Crippen LogP contribution in [0.5, 0.6) is 0 Å². The lowest BCUT2D eigenvalue weighted by molar-refractivity contribution is 0.0896. The summed E-state index contributed by atoms with van der Waals surface area (Å²) < 4.78 is 5.11. The summed E-state index contributed by atoms with van der Waals surface area (Å²) in [6.45, 7) is 5.45. The molecule has 0 fully saturated rings. The molecule has 0 saturated carbocycles. The van der Waals surface area contributed by atoms with E-state index in [0.29, 0.717) is 16.6 Å². The summed E-state index contributed by atoms with van der Waals surface area (Å²) in [5, 5.41) is 6.77. The van der Waals surface area contributed by atoms with Crippen molar-refractivity contribution in [3.8, 4) is 0 Å². The number of aromatic nitrogens is 1. The highest BCUT2D eigenvalue weighted by atomic mass is 32.1. The number of nitrogens with zero attached hydrogens (tertiary/aromatic N) is 1. The summed E-state index contributed by atoms with van der Waals surface area (Å²) in [5.41, 5.74) is 5.80. The van der Waals surface area contributed by atoms with Crippen LogP contribution in [0.4, 0.5) is 10.9 Å². The SMILES string of the molecule is CCCNc1nc(N)c(C(=O)NC(CCC)COC)s1. The Hall–Kier alpha value is -1.34. The topological polar surface area (TPSA) is 89.3 Å². The molecule has 4 N–H and O–H groups in total. The van der Waals surface area contributed by atoms with Gasteiger partial charge in [-0.25, -0.2) is 4.98 Å². The normalized spacial score (nSPS) is 12.2. The zero-order valence-corrected chi connectivity index (χ0v) is 13.2. The number of hydrogen-bond donors (Lipinski definition) is 3. The minimum absolute atomic E-state index is 0.00560. The van der Waals surface area contributed by atoms with Gasteiger partial charge in [0.25, 0.3) is 5.91 Å². The predicted octanol–water partition coefficient (Wildman–Crippen LogP) is 2.09. The molecular weight excluding hydrogens is 276 g/mol. The number of nitrogens with one attached hydrogen (secondary N) is 2. The largest absolute Gasteiger partial charge is 0.383 e. The second-order valence-electron chi connectivity index (χ2n) is 4.57. The van der Waals surface area contributed by atoms with Crippen LogP contribution >= 0.6 is 11.3 Å². The van der Waals surface area contributed by atoms with Crippen LogP contribution in [-0.4, -0.2) is 37.2 Å². The lowest BCUT2D eigenvalue weighted by Crippen LogP contribution is -2.37. The maximum absolute atomic E-state index is 12.2. The van der Waals surface area contributed by atoms with Gasteiger partial charge in [-0.1, -0.05) is 31.6 Å². The molecule has 1 heterocycles. The summed E-state index contributed by atoms with van der Waals surface area (Å²) >= 11 is 1.29. The third-order valence-electron chi connectivity index (χ3n) is 2.73. The number of ether oxygens (including phenoxy) is 1. The maximum Gasteiger partial charge on any atom is 0.265 e. The smallest absolute Gasteiger partial charge is 0.265 e. The minimum Gasteiger partial charge on any atom is -0.383 e. The van der Waals surface area contributed by atoms with Crippen molar-refractivity contribution in [3.63, 3.8) is 0 Å². The summed E-state index contributed by atoms with van der Waals surface area (Å²) in [7, 11) is 1.63. The van der Waals surface area contributed by atoms with Crippen molar-refractivity contribution in [2.45, 2.75) is 39.2 Å². The molecule has 1 rings (SSSR count). The average molecular weight is 300 g/mol. The monoisotopic (exact) mass is 300 g/mol. The first-order chi connectivity index (χ1) is 9.62. The Labute approximate surface area is 124 Å². The number of methoxy groups -OCH3 is 1. The standard InChI is InChI=1S/C13H24N4O2S/c1-4-6-9(8-19-3)16-12(18)10-11(14)17-13(20-10)15-7-5-2/h9H,4-8,14H2,1-3H3,(H,15,17)(H,16,18). The van der Waals surface area contributed by atoms with Crippen molar-refractivity contribution in [2.24, 2.45) is 0 Å². The van der Waals surface area contributed by atoms with Crippen LogP contribution in [0, 0.1) is 0 Å². The summed E-state index contributed by atoms with van der Waals surface area (Å²) in [6.07, 6.45) is 2.85. The molecule has 0 radical (unpaired) electrons. The van der Waals surface area contributed by atoms with E-state index in [1.54, 1.807) is 7.11 Å². The molecule has 1 unspecified atom stereocenters. The second kappa shape index (κ2) is 8.76. The number of hydrogen-bond acceptors (Lipinski definition) is 6. The van der Waals surface area contributed by atoms with Gasteiger partial charge in [0.15, 0.2) is 5.13 Å². The maximum atomic E-state index is 12.2. The molecule has 0 aromatic carbocycles. The lowest BCUT2D eigenvalue weighted by Gasteiger charge is -2.16. The molecule has 114 valence electrons. The molecule has 0 saturated heterocycles. The van der Waals surface area contributed by atoms with Crippen LogP contribution in [-0.2, 0) is 4.74 Å². The van der Waals surface area contributed by atoms with E-state index in [2.05, 4.69) is 29.5 Å². The molecule has 0 spiro atoms. The molecule has 0 aliphatic carbocycles. The van der Waals surface area contributed by atoms with Crippen molar-refractivity contribution in [2.75, 3.05) is 31.3 Å². The van der Waals surface area contributed by atoms with Crippen LogP contribution in [0.15, 0.2) is 0 Å². The number of rotatable bonds is 9. The van der Waals surface area contributed by atoms with E-state index in [-0.39, 0.29) is 17.8 Å². The Morgan fingerprint density at radius 1 is 1.45 bits per heavy atom. The first-order valence-corrected chi connectivity index (χ1v) is 7.73. The van der Waals surface area contributed by atoms with Crippen LogP contribution < -0.4 is 16.4 Å². The highest BCUT2D eigenvalue weighted by Gasteiger charge is 2.19. The summed E-state index contributed by atoms with van der Waals surface area (Å²) in [5.74, 6) is 0.0961. The Morgan fingerprint density at radius 3 is 2.80 bits per heavy atom. The highest BCUT2D eigenvalue weighted by molar-refractivity contribution is 7.18. The molecule has 6 nitrogen and oxygen atoms in total. The van der Waals surface area contributed by atoms with Gasteiger partial charge in [-0.15, -0.1) is 0 Å². The molecule has 1 amide bonds.